The van der Waals surface area contributed by atoms with E-state index < -0.39 is 46.1 Å². The zero-order valence-corrected chi connectivity index (χ0v) is 19.2. The van der Waals surface area contributed by atoms with Gasteiger partial charge < -0.3 is 10.2 Å². The molecule has 0 saturated heterocycles. The summed E-state index contributed by atoms with van der Waals surface area (Å²) >= 11 is 0. The van der Waals surface area contributed by atoms with Gasteiger partial charge in [-0.3, -0.25) is 13.9 Å². The molecule has 0 aromatic heterocycles. The second kappa shape index (κ2) is 10.5. The molecule has 0 spiro atoms. The number of hydrogen-bond acceptors (Lipinski definition) is 4. The molecule has 2 rings (SSSR count). The van der Waals surface area contributed by atoms with Gasteiger partial charge in [-0.2, -0.15) is 0 Å². The first kappa shape index (κ1) is 25.3. The SMILES string of the molecule is CC(C)NC(=O)C(C)N(Cc1ccc(F)cc1)C(=O)CN(c1ccc(F)cc1)S(C)(=O)=O. The van der Waals surface area contributed by atoms with Gasteiger partial charge in [-0.25, -0.2) is 17.2 Å². The van der Waals surface area contributed by atoms with Crippen LogP contribution in [0.15, 0.2) is 48.5 Å². The molecule has 0 radical (unpaired) electrons. The topological polar surface area (TPSA) is 86.8 Å². The number of rotatable bonds is 9. The van der Waals surface area contributed by atoms with Crippen LogP contribution in [0.4, 0.5) is 14.5 Å². The lowest BCUT2D eigenvalue weighted by molar-refractivity contribution is -0.139. The number of sulfonamides is 1. The average Bonchev–Trinajstić information content (AvgIpc) is 2.70. The Bertz CT molecular complexity index is 1040. The van der Waals surface area contributed by atoms with E-state index in [1.807, 2.05) is 0 Å². The van der Waals surface area contributed by atoms with Crippen molar-refractivity contribution in [2.45, 2.75) is 39.4 Å². The molecule has 0 aliphatic rings. The van der Waals surface area contributed by atoms with Crippen molar-refractivity contribution in [3.05, 3.63) is 65.7 Å². The van der Waals surface area contributed by atoms with E-state index in [0.717, 1.165) is 22.7 Å². The highest BCUT2D eigenvalue weighted by atomic mass is 32.2. The number of carbonyl (C=O) groups excluding carboxylic acids is 2. The van der Waals surface area contributed by atoms with E-state index in [1.54, 1.807) is 13.8 Å². The Morgan fingerprint density at radius 3 is 1.91 bits per heavy atom. The Kier molecular flexibility index (Phi) is 8.31. The van der Waals surface area contributed by atoms with Crippen LogP contribution in [0.1, 0.15) is 26.3 Å². The van der Waals surface area contributed by atoms with Crippen LogP contribution in [0.3, 0.4) is 0 Å². The monoisotopic (exact) mass is 467 g/mol. The highest BCUT2D eigenvalue weighted by Crippen LogP contribution is 2.19. The van der Waals surface area contributed by atoms with Gasteiger partial charge in [-0.1, -0.05) is 12.1 Å². The number of nitrogens with zero attached hydrogens (tertiary/aromatic N) is 2. The minimum Gasteiger partial charge on any atom is -0.352 e. The molecule has 2 aromatic carbocycles. The van der Waals surface area contributed by atoms with E-state index in [2.05, 4.69) is 5.32 Å². The fourth-order valence-electron chi connectivity index (χ4n) is 3.00. The minimum absolute atomic E-state index is 0.0349. The third-order valence-electron chi connectivity index (χ3n) is 4.66. The molecule has 0 bridgehead atoms. The Hall–Kier alpha value is -3.01. The second-order valence-electron chi connectivity index (χ2n) is 7.73. The quantitative estimate of drug-likeness (QED) is 0.614. The Morgan fingerprint density at radius 1 is 0.938 bits per heavy atom. The fourth-order valence-corrected chi connectivity index (χ4v) is 3.84. The van der Waals surface area contributed by atoms with Crippen LogP contribution in [0.2, 0.25) is 0 Å². The molecule has 0 aliphatic carbocycles. The number of carbonyl (C=O) groups is 2. The Morgan fingerprint density at radius 2 is 1.44 bits per heavy atom. The van der Waals surface area contributed by atoms with Gasteiger partial charge in [0.1, 0.15) is 24.2 Å². The van der Waals surface area contributed by atoms with Crippen molar-refractivity contribution < 1.29 is 26.8 Å². The number of nitrogens with one attached hydrogen (secondary N) is 1. The maximum absolute atomic E-state index is 13.3. The molecule has 7 nitrogen and oxygen atoms in total. The van der Waals surface area contributed by atoms with Gasteiger partial charge in [-0.05, 0) is 62.7 Å². The summed E-state index contributed by atoms with van der Waals surface area (Å²) in [6.07, 6.45) is 0.933. The highest BCUT2D eigenvalue weighted by molar-refractivity contribution is 7.92. The first-order chi connectivity index (χ1) is 14.9. The summed E-state index contributed by atoms with van der Waals surface area (Å²) in [6, 6.07) is 9.03. The maximum atomic E-state index is 13.3. The third-order valence-corrected chi connectivity index (χ3v) is 5.80. The van der Waals surface area contributed by atoms with Gasteiger partial charge in [-0.15, -0.1) is 0 Å². The summed E-state index contributed by atoms with van der Waals surface area (Å²) in [7, 11) is -3.89. The predicted octanol–water partition coefficient (Wildman–Crippen LogP) is 2.67. The molecule has 2 aromatic rings. The second-order valence-corrected chi connectivity index (χ2v) is 9.64. The molecule has 0 fully saturated rings. The molecule has 10 heteroatoms. The number of hydrogen-bond donors (Lipinski definition) is 1. The molecule has 2 amide bonds. The number of benzene rings is 2. The summed E-state index contributed by atoms with van der Waals surface area (Å²) in [5.74, 6) is -2.05. The van der Waals surface area contributed by atoms with Crippen LogP contribution < -0.4 is 9.62 Å². The molecule has 1 N–H and O–H groups in total. The van der Waals surface area contributed by atoms with Crippen LogP contribution >= 0.6 is 0 Å². The number of anilines is 1. The van der Waals surface area contributed by atoms with E-state index in [9.17, 15) is 26.8 Å². The lowest BCUT2D eigenvalue weighted by Crippen LogP contribution is -2.52. The summed E-state index contributed by atoms with van der Waals surface area (Å²) in [6.45, 7) is 4.45. The largest absolute Gasteiger partial charge is 0.352 e. The van der Waals surface area contributed by atoms with Crippen LogP contribution in [0.25, 0.3) is 0 Å². The van der Waals surface area contributed by atoms with Crippen LogP contribution in [0, 0.1) is 11.6 Å². The summed E-state index contributed by atoms with van der Waals surface area (Å²) in [5, 5.41) is 2.73. The van der Waals surface area contributed by atoms with Gasteiger partial charge in [0, 0.05) is 12.6 Å². The smallest absolute Gasteiger partial charge is 0.244 e. The normalized spacial score (nSPS) is 12.3. The van der Waals surface area contributed by atoms with Gasteiger partial charge >= 0.3 is 0 Å². The van der Waals surface area contributed by atoms with E-state index in [0.29, 0.717) is 5.56 Å². The van der Waals surface area contributed by atoms with Gasteiger partial charge in [0.15, 0.2) is 0 Å². The van der Waals surface area contributed by atoms with Crippen molar-refractivity contribution in [3.8, 4) is 0 Å². The molecule has 0 heterocycles. The first-order valence-corrected chi connectivity index (χ1v) is 11.8. The van der Waals surface area contributed by atoms with E-state index >= 15 is 0 Å². The van der Waals surface area contributed by atoms with E-state index in [4.69, 9.17) is 0 Å². The highest BCUT2D eigenvalue weighted by Gasteiger charge is 2.30. The molecule has 0 saturated carbocycles. The lowest BCUT2D eigenvalue weighted by atomic mass is 10.1. The summed E-state index contributed by atoms with van der Waals surface area (Å²) in [4.78, 5) is 27.1. The minimum atomic E-state index is -3.89. The molecular formula is C22H27F2N3O4S. The number of halogens is 2. The van der Waals surface area contributed by atoms with E-state index in [1.165, 1.54) is 48.2 Å². The maximum Gasteiger partial charge on any atom is 0.244 e. The zero-order valence-electron chi connectivity index (χ0n) is 18.4. The van der Waals surface area contributed by atoms with Gasteiger partial charge in [0.2, 0.25) is 21.8 Å². The van der Waals surface area contributed by atoms with Crippen molar-refractivity contribution >= 4 is 27.5 Å². The first-order valence-electron chi connectivity index (χ1n) is 9.96. The Labute approximate surface area is 187 Å². The summed E-state index contributed by atoms with van der Waals surface area (Å²) < 4.78 is 52.1. The predicted molar refractivity (Wildman–Crippen MR) is 118 cm³/mol. The molecular weight excluding hydrogens is 440 g/mol. The van der Waals surface area contributed by atoms with Crippen molar-refractivity contribution in [2.75, 3.05) is 17.1 Å². The molecule has 1 unspecified atom stereocenters. The molecule has 1 atom stereocenters. The molecule has 174 valence electrons. The van der Waals surface area contributed by atoms with Crippen LogP contribution in [-0.4, -0.2) is 50.0 Å². The third kappa shape index (κ3) is 7.01. The van der Waals surface area contributed by atoms with Crippen molar-refractivity contribution in [1.29, 1.82) is 0 Å². The van der Waals surface area contributed by atoms with Crippen LogP contribution in [-0.2, 0) is 26.2 Å². The zero-order chi connectivity index (χ0) is 24.1. The molecule has 0 aliphatic heterocycles. The fraction of sp³-hybridized carbons (Fsp3) is 0.364. The van der Waals surface area contributed by atoms with Crippen LogP contribution in [0.5, 0.6) is 0 Å². The summed E-state index contributed by atoms with van der Waals surface area (Å²) in [5.41, 5.74) is 0.680. The van der Waals surface area contributed by atoms with Crippen molar-refractivity contribution in [1.82, 2.24) is 10.2 Å². The van der Waals surface area contributed by atoms with Crippen molar-refractivity contribution in [3.63, 3.8) is 0 Å². The standard InChI is InChI=1S/C22H27F2N3O4S/c1-15(2)25-22(29)16(3)26(13-17-5-7-18(23)8-6-17)21(28)14-27(32(4,30)31)20-11-9-19(24)10-12-20/h5-12,15-16H,13-14H2,1-4H3,(H,25,29). The van der Waals surface area contributed by atoms with Gasteiger partial charge in [0.05, 0.1) is 11.9 Å². The lowest BCUT2D eigenvalue weighted by Gasteiger charge is -2.31. The Balaban J connectivity index is 2.36. The average molecular weight is 468 g/mol. The van der Waals surface area contributed by atoms with E-state index in [-0.39, 0.29) is 18.3 Å². The number of amides is 2. The molecule has 32 heavy (non-hydrogen) atoms. The van der Waals surface area contributed by atoms with Gasteiger partial charge in [0.25, 0.3) is 0 Å². The van der Waals surface area contributed by atoms with Crippen molar-refractivity contribution in [2.24, 2.45) is 0 Å².